The van der Waals surface area contributed by atoms with E-state index in [9.17, 15) is 9.59 Å². The van der Waals surface area contributed by atoms with Crippen LogP contribution in [0.4, 0.5) is 0 Å². The van der Waals surface area contributed by atoms with Gasteiger partial charge in [-0.3, -0.25) is 9.59 Å². The highest BCUT2D eigenvalue weighted by Gasteiger charge is 2.43. The van der Waals surface area contributed by atoms with Crippen LogP contribution in [0.1, 0.15) is 33.5 Å². The molecule has 0 N–H and O–H groups in total. The molecule has 0 spiro atoms. The van der Waals surface area contributed by atoms with E-state index in [1.807, 2.05) is 6.07 Å². The molecule has 0 saturated carbocycles. The molecule has 3 heterocycles. The van der Waals surface area contributed by atoms with Gasteiger partial charge < -0.3 is 23.2 Å². The van der Waals surface area contributed by atoms with Crippen LogP contribution in [0.5, 0.6) is 11.5 Å². The number of hydrogen-bond donors (Lipinski definition) is 0. The van der Waals surface area contributed by atoms with Crippen LogP contribution in [0, 0.1) is 0 Å². The number of carbonyl (C=O) groups excluding carboxylic acids is 1. The fourth-order valence-electron chi connectivity index (χ4n) is 4.19. The zero-order chi connectivity index (χ0) is 23.8. The van der Waals surface area contributed by atoms with Crippen LogP contribution in [-0.2, 0) is 6.54 Å². The number of ether oxygens (including phenoxy) is 2. The average Bonchev–Trinajstić information content (AvgIpc) is 3.45. The second kappa shape index (κ2) is 8.87. The summed E-state index contributed by atoms with van der Waals surface area (Å²) in [6, 6.07) is 13.3. The van der Waals surface area contributed by atoms with Crippen LogP contribution in [-0.4, -0.2) is 24.5 Å². The molecule has 1 amide bonds. The number of rotatable bonds is 7. The Bertz CT molecular complexity index is 1460. The number of halogens is 1. The number of furan rings is 1. The minimum absolute atomic E-state index is 0.0299. The molecule has 4 aromatic rings. The maximum atomic E-state index is 13.7. The number of methoxy groups -OCH3 is 1. The molecule has 1 unspecified atom stereocenters. The molecule has 7 nitrogen and oxygen atoms in total. The fourth-order valence-corrected chi connectivity index (χ4v) is 4.56. The van der Waals surface area contributed by atoms with Crippen LogP contribution in [0.2, 0.25) is 0 Å². The minimum Gasteiger partial charge on any atom is -0.493 e. The van der Waals surface area contributed by atoms with E-state index in [-0.39, 0.29) is 29.2 Å². The van der Waals surface area contributed by atoms with Crippen LogP contribution < -0.4 is 14.9 Å². The maximum Gasteiger partial charge on any atom is 0.291 e. The number of carbonyl (C=O) groups is 1. The summed E-state index contributed by atoms with van der Waals surface area (Å²) in [5, 5.41) is 0.392. The van der Waals surface area contributed by atoms with Gasteiger partial charge in [-0.2, -0.15) is 0 Å². The predicted octanol–water partition coefficient (Wildman–Crippen LogP) is 5.47. The first-order valence-electron chi connectivity index (χ1n) is 10.5. The van der Waals surface area contributed by atoms with Crippen molar-refractivity contribution in [2.45, 2.75) is 12.6 Å². The SMILES string of the molecule is C=CCOc1ccc(C2c3c(oc4ccc(Br)cc4c3=O)C(=O)N2Cc2ccco2)cc1OC. The highest BCUT2D eigenvalue weighted by molar-refractivity contribution is 9.10. The summed E-state index contributed by atoms with van der Waals surface area (Å²) in [5.74, 6) is 1.24. The van der Waals surface area contributed by atoms with Crippen molar-refractivity contribution < 1.29 is 23.1 Å². The van der Waals surface area contributed by atoms with Crippen molar-refractivity contribution in [1.29, 1.82) is 0 Å². The van der Waals surface area contributed by atoms with E-state index in [2.05, 4.69) is 22.5 Å². The summed E-state index contributed by atoms with van der Waals surface area (Å²) in [6.45, 7) is 4.14. The van der Waals surface area contributed by atoms with Gasteiger partial charge in [-0.1, -0.05) is 34.7 Å². The first-order valence-corrected chi connectivity index (χ1v) is 11.3. The standard InChI is InChI=1S/C26H20BrNO6/c1-3-10-33-20-8-6-15(12-21(20)31-2)23-22-24(29)18-13-16(27)7-9-19(18)34-25(22)26(30)28(23)14-17-5-4-11-32-17/h3-9,11-13,23H,1,10,14H2,2H3. The van der Waals surface area contributed by atoms with Gasteiger partial charge >= 0.3 is 0 Å². The summed E-state index contributed by atoms with van der Waals surface area (Å²) < 4.78 is 23.4. The van der Waals surface area contributed by atoms with Crippen molar-refractivity contribution in [2.24, 2.45) is 0 Å². The lowest BCUT2D eigenvalue weighted by Gasteiger charge is -2.25. The Morgan fingerprint density at radius 3 is 2.74 bits per heavy atom. The molecule has 1 aliphatic rings. The zero-order valence-corrected chi connectivity index (χ0v) is 19.8. The van der Waals surface area contributed by atoms with Gasteiger partial charge in [0.25, 0.3) is 5.91 Å². The number of nitrogens with zero attached hydrogens (tertiary/aromatic N) is 1. The lowest BCUT2D eigenvalue weighted by Crippen LogP contribution is -2.29. The molecular formula is C26H20BrNO6. The molecule has 0 saturated heterocycles. The Balaban J connectivity index is 1.70. The average molecular weight is 522 g/mol. The minimum atomic E-state index is -0.699. The van der Waals surface area contributed by atoms with Gasteiger partial charge in [-0.15, -0.1) is 0 Å². The Labute approximate surface area is 203 Å². The van der Waals surface area contributed by atoms with Gasteiger partial charge in [0.1, 0.15) is 18.0 Å². The third-order valence-electron chi connectivity index (χ3n) is 5.69. The van der Waals surface area contributed by atoms with E-state index >= 15 is 0 Å². The van der Waals surface area contributed by atoms with Gasteiger partial charge in [0.2, 0.25) is 5.76 Å². The largest absolute Gasteiger partial charge is 0.493 e. The Kier molecular flexibility index (Phi) is 5.75. The van der Waals surface area contributed by atoms with Crippen LogP contribution in [0.3, 0.4) is 0 Å². The summed E-state index contributed by atoms with van der Waals surface area (Å²) in [5.41, 5.74) is 1.06. The van der Waals surface area contributed by atoms with Crippen molar-refractivity contribution in [3.05, 3.63) is 105 Å². The third kappa shape index (κ3) is 3.70. The molecule has 0 radical (unpaired) electrons. The van der Waals surface area contributed by atoms with Crippen LogP contribution >= 0.6 is 15.9 Å². The van der Waals surface area contributed by atoms with Gasteiger partial charge in [-0.25, -0.2) is 0 Å². The predicted molar refractivity (Wildman–Crippen MR) is 129 cm³/mol. The Hall–Kier alpha value is -3.78. The van der Waals surface area contributed by atoms with Crippen molar-refractivity contribution in [2.75, 3.05) is 13.7 Å². The second-order valence-corrected chi connectivity index (χ2v) is 8.66. The van der Waals surface area contributed by atoms with E-state index in [0.29, 0.717) is 40.4 Å². The summed E-state index contributed by atoms with van der Waals surface area (Å²) in [6.07, 6.45) is 3.18. The normalized spacial score (nSPS) is 14.9. The zero-order valence-electron chi connectivity index (χ0n) is 18.2. The van der Waals surface area contributed by atoms with Crippen molar-refractivity contribution >= 4 is 32.8 Å². The first kappa shape index (κ1) is 22.0. The molecular weight excluding hydrogens is 502 g/mol. The van der Waals surface area contributed by atoms with Crippen molar-refractivity contribution in [1.82, 2.24) is 4.90 Å². The molecule has 1 aliphatic heterocycles. The van der Waals surface area contributed by atoms with Crippen molar-refractivity contribution in [3.63, 3.8) is 0 Å². The molecule has 0 aliphatic carbocycles. The molecule has 172 valence electrons. The van der Waals surface area contributed by atoms with Crippen molar-refractivity contribution in [3.8, 4) is 11.5 Å². The van der Waals surface area contributed by atoms with E-state index in [0.717, 1.165) is 4.47 Å². The Morgan fingerprint density at radius 1 is 1.15 bits per heavy atom. The molecule has 1 atom stereocenters. The number of amides is 1. The fraction of sp³-hybridized carbons (Fsp3) is 0.154. The first-order chi connectivity index (χ1) is 16.5. The number of fused-ring (bicyclic) bond motifs is 2. The summed E-state index contributed by atoms with van der Waals surface area (Å²) in [7, 11) is 1.54. The van der Waals surface area contributed by atoms with Gasteiger partial charge in [0.15, 0.2) is 16.9 Å². The number of hydrogen-bond acceptors (Lipinski definition) is 6. The van der Waals surface area contributed by atoms with E-state index in [1.165, 1.54) is 7.11 Å². The van der Waals surface area contributed by atoms with Crippen LogP contribution in [0.15, 0.2) is 85.6 Å². The van der Waals surface area contributed by atoms with Gasteiger partial charge in [0, 0.05) is 4.47 Å². The molecule has 2 aromatic heterocycles. The van der Waals surface area contributed by atoms with Crippen LogP contribution in [0.25, 0.3) is 11.0 Å². The molecule has 8 heteroatoms. The lowest BCUT2D eigenvalue weighted by molar-refractivity contribution is 0.0701. The highest BCUT2D eigenvalue weighted by atomic mass is 79.9. The maximum absolute atomic E-state index is 13.7. The van der Waals surface area contributed by atoms with E-state index < -0.39 is 6.04 Å². The molecule has 5 rings (SSSR count). The molecule has 0 bridgehead atoms. The van der Waals surface area contributed by atoms with Gasteiger partial charge in [-0.05, 0) is 48.0 Å². The highest BCUT2D eigenvalue weighted by Crippen LogP contribution is 2.41. The summed E-state index contributed by atoms with van der Waals surface area (Å²) >= 11 is 3.41. The molecule has 34 heavy (non-hydrogen) atoms. The molecule has 2 aromatic carbocycles. The number of benzene rings is 2. The monoisotopic (exact) mass is 521 g/mol. The quantitative estimate of drug-likeness (QED) is 0.300. The van der Waals surface area contributed by atoms with Gasteiger partial charge in [0.05, 0.1) is 36.9 Å². The summed E-state index contributed by atoms with van der Waals surface area (Å²) in [4.78, 5) is 28.7. The van der Waals surface area contributed by atoms with E-state index in [4.69, 9.17) is 18.3 Å². The lowest BCUT2D eigenvalue weighted by atomic mass is 9.98. The van der Waals surface area contributed by atoms with E-state index in [1.54, 1.807) is 59.7 Å². The molecule has 0 fully saturated rings. The topological polar surface area (TPSA) is 82.1 Å². The third-order valence-corrected chi connectivity index (χ3v) is 6.19. The smallest absolute Gasteiger partial charge is 0.291 e. The second-order valence-electron chi connectivity index (χ2n) is 7.74. The Morgan fingerprint density at radius 2 is 2.00 bits per heavy atom.